The van der Waals surface area contributed by atoms with Crippen LogP contribution in [-0.4, -0.2) is 45.7 Å². The summed E-state index contributed by atoms with van der Waals surface area (Å²) in [5, 5.41) is 3.37. The Morgan fingerprint density at radius 3 is 2.85 bits per heavy atom. The molecule has 0 aromatic carbocycles. The normalized spacial score (nSPS) is 23.5. The summed E-state index contributed by atoms with van der Waals surface area (Å²) >= 11 is 0. The third-order valence-corrected chi connectivity index (χ3v) is 3.16. The molecular weight excluding hydrogens is 256 g/mol. The smallest absolute Gasteiger partial charge is 0.410 e. The van der Waals surface area contributed by atoms with E-state index in [1.54, 1.807) is 11.1 Å². The van der Waals surface area contributed by atoms with Crippen LogP contribution in [0.1, 0.15) is 39.4 Å². The maximum atomic E-state index is 12.4. The van der Waals surface area contributed by atoms with Crippen molar-refractivity contribution in [1.29, 1.82) is 0 Å². The number of carbonyl (C=O) groups is 1. The molecule has 1 amide bonds. The predicted octanol–water partition coefficient (Wildman–Crippen LogP) is 1.75. The largest absolute Gasteiger partial charge is 0.444 e. The summed E-state index contributed by atoms with van der Waals surface area (Å²) in [7, 11) is 0. The molecule has 20 heavy (non-hydrogen) atoms. The SMILES string of the molecule is CC1NCCN(C(=O)OC(C)(C)C)C1c1ccncn1. The fraction of sp³-hybridized carbons (Fsp3) is 0.643. The Hall–Kier alpha value is -1.69. The number of ether oxygens (including phenoxy) is 1. The Bertz CT molecular complexity index is 458. The molecule has 0 radical (unpaired) electrons. The summed E-state index contributed by atoms with van der Waals surface area (Å²) in [6, 6.07) is 1.82. The van der Waals surface area contributed by atoms with E-state index in [9.17, 15) is 4.79 Å². The first-order valence-electron chi connectivity index (χ1n) is 6.87. The van der Waals surface area contributed by atoms with Gasteiger partial charge in [-0.2, -0.15) is 0 Å². The van der Waals surface area contributed by atoms with Crippen LogP contribution in [0.15, 0.2) is 18.6 Å². The lowest BCUT2D eigenvalue weighted by Crippen LogP contribution is -2.54. The van der Waals surface area contributed by atoms with Gasteiger partial charge in [-0.05, 0) is 33.8 Å². The third-order valence-electron chi connectivity index (χ3n) is 3.16. The van der Waals surface area contributed by atoms with Crippen molar-refractivity contribution in [3.63, 3.8) is 0 Å². The number of nitrogens with one attached hydrogen (secondary N) is 1. The molecule has 0 aliphatic carbocycles. The van der Waals surface area contributed by atoms with E-state index >= 15 is 0 Å². The molecule has 0 saturated carbocycles. The molecule has 1 aromatic rings. The summed E-state index contributed by atoms with van der Waals surface area (Å²) in [6.07, 6.45) is 2.90. The maximum absolute atomic E-state index is 12.4. The second-order valence-corrected chi connectivity index (χ2v) is 6.00. The summed E-state index contributed by atoms with van der Waals surface area (Å²) < 4.78 is 5.49. The molecule has 2 unspecified atom stereocenters. The number of rotatable bonds is 1. The van der Waals surface area contributed by atoms with Crippen LogP contribution in [0.5, 0.6) is 0 Å². The topological polar surface area (TPSA) is 67.4 Å². The molecule has 6 nitrogen and oxygen atoms in total. The first kappa shape index (κ1) is 14.7. The van der Waals surface area contributed by atoms with Crippen LogP contribution in [0.3, 0.4) is 0 Å². The van der Waals surface area contributed by atoms with Crippen LogP contribution in [-0.2, 0) is 4.74 Å². The van der Waals surface area contributed by atoms with Crippen LogP contribution < -0.4 is 5.32 Å². The molecule has 1 aliphatic rings. The molecule has 1 fully saturated rings. The number of amides is 1. The van der Waals surface area contributed by atoms with Gasteiger partial charge < -0.3 is 10.1 Å². The van der Waals surface area contributed by atoms with E-state index in [2.05, 4.69) is 15.3 Å². The Morgan fingerprint density at radius 1 is 1.50 bits per heavy atom. The molecule has 6 heteroatoms. The zero-order valence-electron chi connectivity index (χ0n) is 12.5. The zero-order chi connectivity index (χ0) is 14.8. The number of hydrogen-bond acceptors (Lipinski definition) is 5. The summed E-state index contributed by atoms with van der Waals surface area (Å²) in [6.45, 7) is 9.02. The van der Waals surface area contributed by atoms with Gasteiger partial charge in [0.25, 0.3) is 0 Å². The summed E-state index contributed by atoms with van der Waals surface area (Å²) in [5.41, 5.74) is 0.326. The van der Waals surface area contributed by atoms with Gasteiger partial charge in [-0.1, -0.05) is 0 Å². The minimum absolute atomic E-state index is 0.117. The molecule has 0 bridgehead atoms. The Morgan fingerprint density at radius 2 is 2.25 bits per heavy atom. The van der Waals surface area contributed by atoms with Gasteiger partial charge in [-0.15, -0.1) is 0 Å². The van der Waals surface area contributed by atoms with Gasteiger partial charge in [0.15, 0.2) is 0 Å². The average Bonchev–Trinajstić information content (AvgIpc) is 2.37. The van der Waals surface area contributed by atoms with E-state index < -0.39 is 5.60 Å². The number of nitrogens with zero attached hydrogens (tertiary/aromatic N) is 3. The van der Waals surface area contributed by atoms with Crippen molar-refractivity contribution in [2.24, 2.45) is 0 Å². The lowest BCUT2D eigenvalue weighted by molar-refractivity contribution is 0.00574. The number of carbonyl (C=O) groups excluding carboxylic acids is 1. The van der Waals surface area contributed by atoms with Gasteiger partial charge >= 0.3 is 6.09 Å². The second-order valence-electron chi connectivity index (χ2n) is 6.00. The van der Waals surface area contributed by atoms with E-state index in [1.165, 1.54) is 6.33 Å². The molecule has 2 atom stereocenters. The molecule has 0 spiro atoms. The summed E-state index contributed by atoms with van der Waals surface area (Å²) in [4.78, 5) is 22.3. The highest BCUT2D eigenvalue weighted by atomic mass is 16.6. The third kappa shape index (κ3) is 3.45. The lowest BCUT2D eigenvalue weighted by Gasteiger charge is -2.40. The summed E-state index contributed by atoms with van der Waals surface area (Å²) in [5.74, 6) is 0. The first-order valence-corrected chi connectivity index (χ1v) is 6.87. The van der Waals surface area contributed by atoms with Gasteiger partial charge in [-0.25, -0.2) is 14.8 Å². The Labute approximate surface area is 119 Å². The van der Waals surface area contributed by atoms with Crippen molar-refractivity contribution >= 4 is 6.09 Å². The fourth-order valence-corrected chi connectivity index (χ4v) is 2.35. The van der Waals surface area contributed by atoms with Crippen LogP contribution in [0.25, 0.3) is 0 Å². The molecule has 1 saturated heterocycles. The van der Waals surface area contributed by atoms with Crippen LogP contribution >= 0.6 is 0 Å². The molecule has 2 rings (SSSR count). The molecule has 110 valence electrons. The van der Waals surface area contributed by atoms with Gasteiger partial charge in [0.2, 0.25) is 0 Å². The van der Waals surface area contributed by atoms with Crippen molar-refractivity contribution < 1.29 is 9.53 Å². The monoisotopic (exact) mass is 278 g/mol. The maximum Gasteiger partial charge on any atom is 0.410 e. The van der Waals surface area contributed by atoms with E-state index in [-0.39, 0.29) is 18.2 Å². The molecule has 1 aromatic heterocycles. The van der Waals surface area contributed by atoms with Gasteiger partial charge in [0, 0.05) is 25.3 Å². The van der Waals surface area contributed by atoms with E-state index in [4.69, 9.17) is 4.74 Å². The zero-order valence-corrected chi connectivity index (χ0v) is 12.5. The minimum Gasteiger partial charge on any atom is -0.444 e. The molecule has 1 aliphatic heterocycles. The highest BCUT2D eigenvalue weighted by Crippen LogP contribution is 2.26. The van der Waals surface area contributed by atoms with Crippen LogP contribution in [0.4, 0.5) is 4.79 Å². The number of hydrogen-bond donors (Lipinski definition) is 1. The van der Waals surface area contributed by atoms with Crippen molar-refractivity contribution in [1.82, 2.24) is 20.2 Å². The van der Waals surface area contributed by atoms with Crippen LogP contribution in [0.2, 0.25) is 0 Å². The van der Waals surface area contributed by atoms with Crippen molar-refractivity contribution in [3.05, 3.63) is 24.3 Å². The molecule has 2 heterocycles. The predicted molar refractivity (Wildman–Crippen MR) is 75.2 cm³/mol. The highest BCUT2D eigenvalue weighted by molar-refractivity contribution is 5.69. The number of aromatic nitrogens is 2. The Balaban J connectivity index is 2.23. The van der Waals surface area contributed by atoms with Gasteiger partial charge in [-0.3, -0.25) is 4.90 Å². The quantitative estimate of drug-likeness (QED) is 0.847. The van der Waals surface area contributed by atoms with Gasteiger partial charge in [0.1, 0.15) is 11.9 Å². The molecule has 1 N–H and O–H groups in total. The fourth-order valence-electron chi connectivity index (χ4n) is 2.35. The van der Waals surface area contributed by atoms with Crippen molar-refractivity contribution in [3.8, 4) is 0 Å². The first-order chi connectivity index (χ1) is 9.38. The highest BCUT2D eigenvalue weighted by Gasteiger charge is 2.36. The van der Waals surface area contributed by atoms with Gasteiger partial charge in [0.05, 0.1) is 11.7 Å². The average molecular weight is 278 g/mol. The lowest BCUT2D eigenvalue weighted by atomic mass is 10.0. The Kier molecular flexibility index (Phi) is 4.23. The second kappa shape index (κ2) is 5.75. The molecular formula is C14H22N4O2. The standard InChI is InChI=1S/C14H22N4O2/c1-10-12(11-5-6-15-9-17-11)18(8-7-16-10)13(19)20-14(2,3)4/h5-6,9-10,12,16H,7-8H2,1-4H3. The van der Waals surface area contributed by atoms with Crippen LogP contribution in [0, 0.1) is 0 Å². The van der Waals surface area contributed by atoms with E-state index in [0.29, 0.717) is 6.54 Å². The number of piperazine rings is 1. The van der Waals surface area contributed by atoms with E-state index in [0.717, 1.165) is 12.2 Å². The van der Waals surface area contributed by atoms with E-state index in [1.807, 2.05) is 33.8 Å². The van der Waals surface area contributed by atoms with Crippen molar-refractivity contribution in [2.75, 3.05) is 13.1 Å². The van der Waals surface area contributed by atoms with Crippen molar-refractivity contribution in [2.45, 2.75) is 45.4 Å². The minimum atomic E-state index is -0.499.